The highest BCUT2D eigenvalue weighted by atomic mass is 16.5. The number of aromatic nitrogens is 1. The predicted octanol–water partition coefficient (Wildman–Crippen LogP) is 4.26. The Morgan fingerprint density at radius 1 is 1.15 bits per heavy atom. The monoisotopic (exact) mass is 454 g/mol. The number of ether oxygens (including phenoxy) is 1. The van der Waals surface area contributed by atoms with E-state index in [0.29, 0.717) is 31.4 Å². The minimum atomic E-state index is -0.255. The Balaban J connectivity index is 1.74. The van der Waals surface area contributed by atoms with E-state index in [1.54, 1.807) is 6.20 Å². The topological polar surface area (TPSA) is 110 Å². The molecule has 1 fully saturated rings. The maximum atomic E-state index is 12.1. The van der Waals surface area contributed by atoms with Crippen LogP contribution in [-0.2, 0) is 19.1 Å². The third-order valence-corrected chi connectivity index (χ3v) is 6.09. The van der Waals surface area contributed by atoms with E-state index in [9.17, 15) is 14.4 Å². The number of carbonyl (C=O) groups is 3. The molecule has 2 aliphatic rings. The van der Waals surface area contributed by atoms with Gasteiger partial charge in [-0.3, -0.25) is 20.0 Å². The van der Waals surface area contributed by atoms with Gasteiger partial charge in [-0.25, -0.2) is 0 Å². The molecule has 33 heavy (non-hydrogen) atoms. The maximum Gasteiger partial charge on any atom is 0.306 e. The van der Waals surface area contributed by atoms with Gasteiger partial charge in [0.2, 0.25) is 5.91 Å². The maximum absolute atomic E-state index is 12.1. The first kappa shape index (κ1) is 24.6. The molecule has 1 amide bonds. The second-order valence-corrected chi connectivity index (χ2v) is 8.75. The second kappa shape index (κ2) is 11.7. The Labute approximate surface area is 195 Å². The van der Waals surface area contributed by atoms with Gasteiger partial charge in [0.15, 0.2) is 0 Å². The third kappa shape index (κ3) is 6.73. The lowest BCUT2D eigenvalue weighted by atomic mass is 9.79. The van der Waals surface area contributed by atoms with Crippen molar-refractivity contribution in [2.75, 3.05) is 5.32 Å². The third-order valence-electron chi connectivity index (χ3n) is 6.09. The zero-order chi connectivity index (χ0) is 23.8. The van der Waals surface area contributed by atoms with Gasteiger partial charge < -0.3 is 14.8 Å². The van der Waals surface area contributed by atoms with Gasteiger partial charge in [-0.05, 0) is 57.2 Å². The SMILES string of the molecule is CCC(=O)OC1CCCCCC2C(c3ccc(NC(=O)CCCC(C)=O)cn3)=NNC(C)=C12. The predicted molar refractivity (Wildman–Crippen MR) is 127 cm³/mol. The van der Waals surface area contributed by atoms with Gasteiger partial charge in [0.25, 0.3) is 0 Å². The highest BCUT2D eigenvalue weighted by Crippen LogP contribution is 2.35. The van der Waals surface area contributed by atoms with Gasteiger partial charge in [-0.2, -0.15) is 5.10 Å². The van der Waals surface area contributed by atoms with E-state index in [-0.39, 0.29) is 29.7 Å². The molecule has 0 bridgehead atoms. The van der Waals surface area contributed by atoms with E-state index in [2.05, 4.69) is 20.8 Å². The summed E-state index contributed by atoms with van der Waals surface area (Å²) in [4.78, 5) is 39.8. The Kier molecular flexibility index (Phi) is 8.74. The van der Waals surface area contributed by atoms with E-state index in [0.717, 1.165) is 54.8 Å². The number of amides is 1. The number of hydrogen-bond donors (Lipinski definition) is 2. The van der Waals surface area contributed by atoms with E-state index in [1.807, 2.05) is 26.0 Å². The largest absolute Gasteiger partial charge is 0.458 e. The molecule has 8 nitrogen and oxygen atoms in total. The van der Waals surface area contributed by atoms with Crippen molar-refractivity contribution in [2.24, 2.45) is 11.0 Å². The van der Waals surface area contributed by atoms with Gasteiger partial charge in [0.1, 0.15) is 11.9 Å². The van der Waals surface area contributed by atoms with Crippen LogP contribution in [-0.4, -0.2) is 34.5 Å². The van der Waals surface area contributed by atoms with E-state index in [4.69, 9.17) is 4.74 Å². The lowest BCUT2D eigenvalue weighted by Crippen LogP contribution is -2.37. The zero-order valence-corrected chi connectivity index (χ0v) is 19.8. The molecule has 1 aromatic heterocycles. The molecule has 1 aliphatic carbocycles. The number of ketones is 1. The number of hydrogen-bond acceptors (Lipinski definition) is 7. The zero-order valence-electron chi connectivity index (χ0n) is 19.8. The summed E-state index contributed by atoms with van der Waals surface area (Å²) in [6.45, 7) is 5.32. The van der Waals surface area contributed by atoms with Crippen LogP contribution in [0.4, 0.5) is 5.69 Å². The van der Waals surface area contributed by atoms with Crippen molar-refractivity contribution in [2.45, 2.75) is 84.7 Å². The molecule has 8 heteroatoms. The Hall–Kier alpha value is -3.03. The number of hydrazone groups is 1. The van der Waals surface area contributed by atoms with Crippen molar-refractivity contribution in [3.8, 4) is 0 Å². The molecular weight excluding hydrogens is 420 g/mol. The molecule has 0 saturated heterocycles. The summed E-state index contributed by atoms with van der Waals surface area (Å²) in [5, 5.41) is 7.43. The molecule has 2 atom stereocenters. The number of nitrogens with one attached hydrogen (secondary N) is 2. The molecule has 1 saturated carbocycles. The first-order chi connectivity index (χ1) is 15.9. The van der Waals surface area contributed by atoms with Gasteiger partial charge in [0.05, 0.1) is 23.3 Å². The highest BCUT2D eigenvalue weighted by molar-refractivity contribution is 6.03. The molecule has 0 radical (unpaired) electrons. The van der Waals surface area contributed by atoms with Crippen molar-refractivity contribution >= 4 is 29.1 Å². The van der Waals surface area contributed by atoms with Crippen molar-refractivity contribution in [1.82, 2.24) is 10.4 Å². The molecule has 0 spiro atoms. The lowest BCUT2D eigenvalue weighted by molar-refractivity contribution is -0.147. The number of fused-ring (bicyclic) bond motifs is 1. The molecule has 2 heterocycles. The lowest BCUT2D eigenvalue weighted by Gasteiger charge is -2.34. The second-order valence-electron chi connectivity index (χ2n) is 8.75. The quantitative estimate of drug-likeness (QED) is 0.568. The van der Waals surface area contributed by atoms with Crippen LogP contribution in [0, 0.1) is 5.92 Å². The van der Waals surface area contributed by atoms with Crippen molar-refractivity contribution in [1.29, 1.82) is 0 Å². The van der Waals surface area contributed by atoms with Crippen LogP contribution in [0.3, 0.4) is 0 Å². The molecule has 2 unspecified atom stereocenters. The smallest absolute Gasteiger partial charge is 0.306 e. The van der Waals surface area contributed by atoms with Gasteiger partial charge in [-0.1, -0.05) is 19.8 Å². The van der Waals surface area contributed by atoms with Crippen molar-refractivity contribution in [3.63, 3.8) is 0 Å². The molecule has 1 aromatic rings. The van der Waals surface area contributed by atoms with E-state index < -0.39 is 0 Å². The summed E-state index contributed by atoms with van der Waals surface area (Å²) in [6.07, 6.45) is 7.88. The fourth-order valence-electron chi connectivity index (χ4n) is 4.40. The molecule has 2 N–H and O–H groups in total. The summed E-state index contributed by atoms with van der Waals surface area (Å²) >= 11 is 0. The first-order valence-corrected chi connectivity index (χ1v) is 11.9. The number of carbonyl (C=O) groups excluding carboxylic acids is 3. The average Bonchev–Trinajstić information content (AvgIpc) is 2.77. The fraction of sp³-hybridized carbons (Fsp3) is 0.560. The Bertz CT molecular complexity index is 936. The van der Waals surface area contributed by atoms with Crippen molar-refractivity contribution in [3.05, 3.63) is 35.3 Å². The number of allylic oxidation sites excluding steroid dienone is 1. The number of nitrogens with zero attached hydrogens (tertiary/aromatic N) is 2. The van der Waals surface area contributed by atoms with E-state index >= 15 is 0 Å². The molecule has 1 aliphatic heterocycles. The Morgan fingerprint density at radius 2 is 1.94 bits per heavy atom. The summed E-state index contributed by atoms with van der Waals surface area (Å²) in [5.41, 5.74) is 7.31. The van der Waals surface area contributed by atoms with E-state index in [1.165, 1.54) is 6.92 Å². The molecular formula is C25H34N4O4. The summed E-state index contributed by atoms with van der Waals surface area (Å²) < 4.78 is 5.83. The van der Waals surface area contributed by atoms with Crippen LogP contribution in [0.25, 0.3) is 0 Å². The molecule has 3 rings (SSSR count). The number of anilines is 1. The standard InChI is InChI=1S/C25H34N4O4/c1-4-23(32)33-21-11-7-5-6-10-19-24(21)17(3)28-29-25(19)20-14-13-18(15-26-20)27-22(31)12-8-9-16(2)30/h13-15,19,21,28H,4-12H2,1-3H3,(H,27,31). The van der Waals surface area contributed by atoms with Gasteiger partial charge in [-0.15, -0.1) is 0 Å². The molecule has 178 valence electrons. The van der Waals surface area contributed by atoms with Crippen LogP contribution in [0.1, 0.15) is 84.3 Å². The number of esters is 1. The average molecular weight is 455 g/mol. The molecule has 0 aromatic carbocycles. The van der Waals surface area contributed by atoms with Gasteiger partial charge in [0, 0.05) is 30.9 Å². The van der Waals surface area contributed by atoms with Crippen LogP contribution in [0.5, 0.6) is 0 Å². The van der Waals surface area contributed by atoms with Crippen LogP contribution in [0.2, 0.25) is 0 Å². The summed E-state index contributed by atoms with van der Waals surface area (Å²) in [6, 6.07) is 3.67. The van der Waals surface area contributed by atoms with Gasteiger partial charge >= 0.3 is 5.97 Å². The van der Waals surface area contributed by atoms with Crippen LogP contribution in [0.15, 0.2) is 34.7 Å². The van der Waals surface area contributed by atoms with Crippen LogP contribution < -0.4 is 10.7 Å². The fourth-order valence-corrected chi connectivity index (χ4v) is 4.40. The van der Waals surface area contributed by atoms with Crippen LogP contribution >= 0.6 is 0 Å². The minimum Gasteiger partial charge on any atom is -0.458 e. The number of Topliss-reactive ketones (excluding diaryl/α,β-unsaturated/α-hetero) is 1. The minimum absolute atomic E-state index is 0.0285. The summed E-state index contributed by atoms with van der Waals surface area (Å²) in [5.74, 6) is -0.213. The number of rotatable bonds is 8. The first-order valence-electron chi connectivity index (χ1n) is 11.9. The Morgan fingerprint density at radius 3 is 2.64 bits per heavy atom. The number of pyridine rings is 1. The highest BCUT2D eigenvalue weighted by Gasteiger charge is 2.35. The summed E-state index contributed by atoms with van der Waals surface area (Å²) in [7, 11) is 0. The normalized spacial score (nSPS) is 20.5. The van der Waals surface area contributed by atoms with Crippen molar-refractivity contribution < 1.29 is 19.1 Å².